The highest BCUT2D eigenvalue weighted by Crippen LogP contribution is 2.37. The Morgan fingerprint density at radius 2 is 1.97 bits per heavy atom. The number of aliphatic carboxylic acids is 1. The first kappa shape index (κ1) is 20.5. The summed E-state index contributed by atoms with van der Waals surface area (Å²) in [6.45, 7) is 1.88. The summed E-state index contributed by atoms with van der Waals surface area (Å²) in [6, 6.07) is 12.0. The number of likely N-dealkylation sites (tertiary alicyclic amines) is 1. The number of benzene rings is 2. The minimum Gasteiger partial charge on any atom is -0.480 e. The zero-order chi connectivity index (χ0) is 22.5. The minimum atomic E-state index is -1.13. The molecule has 3 heterocycles. The number of nitrogens with zero attached hydrogens (tertiary/aromatic N) is 1. The Kier molecular flexibility index (Phi) is 4.87. The van der Waals surface area contributed by atoms with Crippen LogP contribution in [0.3, 0.4) is 0 Å². The van der Waals surface area contributed by atoms with Crippen LogP contribution >= 0.6 is 0 Å². The summed E-state index contributed by atoms with van der Waals surface area (Å²) in [5.41, 5.74) is 2.30. The van der Waals surface area contributed by atoms with E-state index in [-0.39, 0.29) is 25.6 Å². The zero-order valence-electron chi connectivity index (χ0n) is 17.5. The van der Waals surface area contributed by atoms with E-state index in [0.29, 0.717) is 12.2 Å². The lowest BCUT2D eigenvalue weighted by Crippen LogP contribution is -2.46. The van der Waals surface area contributed by atoms with Crippen LogP contribution in [-0.2, 0) is 19.1 Å². The number of aromatic amines is 1. The Balaban J connectivity index is 1.29. The van der Waals surface area contributed by atoms with E-state index in [1.54, 1.807) is 12.1 Å². The fourth-order valence-corrected chi connectivity index (χ4v) is 4.56. The summed E-state index contributed by atoms with van der Waals surface area (Å²) in [4.78, 5) is 41.7. The van der Waals surface area contributed by atoms with Crippen molar-refractivity contribution >= 4 is 39.6 Å². The van der Waals surface area contributed by atoms with Crippen LogP contribution in [0.25, 0.3) is 21.8 Å². The molecule has 1 spiro atoms. The molecule has 166 valence electrons. The van der Waals surface area contributed by atoms with Crippen LogP contribution in [0.15, 0.2) is 42.5 Å². The number of fused-ring (bicyclic) bond motifs is 3. The third-order valence-electron chi connectivity index (χ3n) is 6.06. The second-order valence-electron chi connectivity index (χ2n) is 8.34. The molecule has 0 bridgehead atoms. The number of carboxylic acids is 1. The van der Waals surface area contributed by atoms with Crippen LogP contribution in [0.5, 0.6) is 0 Å². The molecule has 0 radical (unpaired) electrons. The number of carbonyl (C=O) groups excluding carboxylic acids is 2. The van der Waals surface area contributed by atoms with Crippen LogP contribution in [0.1, 0.15) is 23.7 Å². The van der Waals surface area contributed by atoms with Crippen molar-refractivity contribution in [1.29, 1.82) is 0 Å². The molecule has 9 nitrogen and oxygen atoms in total. The van der Waals surface area contributed by atoms with Gasteiger partial charge in [0.05, 0.1) is 25.8 Å². The van der Waals surface area contributed by atoms with Gasteiger partial charge in [-0.3, -0.25) is 9.59 Å². The largest absolute Gasteiger partial charge is 0.480 e. The van der Waals surface area contributed by atoms with Gasteiger partial charge in [0, 0.05) is 33.8 Å². The monoisotopic (exact) mass is 437 g/mol. The molecule has 2 aliphatic rings. The maximum Gasteiger partial charge on any atom is 0.326 e. The van der Waals surface area contributed by atoms with E-state index in [1.165, 1.54) is 4.90 Å². The van der Waals surface area contributed by atoms with Crippen molar-refractivity contribution < 1.29 is 29.0 Å². The van der Waals surface area contributed by atoms with Crippen LogP contribution in [0, 0.1) is 0 Å². The highest BCUT2D eigenvalue weighted by Gasteiger charge is 2.54. The fraction of sp³-hybridized carbons (Fsp3) is 0.348. The molecule has 3 aromatic rings. The van der Waals surface area contributed by atoms with Gasteiger partial charge < -0.3 is 29.8 Å². The van der Waals surface area contributed by atoms with Crippen molar-refractivity contribution in [3.63, 3.8) is 0 Å². The number of aromatic nitrogens is 1. The standard InChI is InChI=1S/C23H23N3O6/c1-13-11-31-23(32-13)9-19(22(29)30)26(12-23)20(27)10-24-21(28)14-6-7-18-16(8-14)15-4-2-3-5-17(15)25-18/h2-8,13,19,25H,9-12H2,1H3,(H,24,28)(H,29,30). The van der Waals surface area contributed by atoms with Crippen LogP contribution < -0.4 is 5.32 Å². The van der Waals surface area contributed by atoms with Crippen molar-refractivity contribution in [2.24, 2.45) is 0 Å². The maximum absolute atomic E-state index is 12.8. The molecule has 2 saturated heterocycles. The lowest BCUT2D eigenvalue weighted by Gasteiger charge is -2.23. The van der Waals surface area contributed by atoms with Gasteiger partial charge in [-0.25, -0.2) is 4.79 Å². The first-order valence-corrected chi connectivity index (χ1v) is 10.5. The van der Waals surface area contributed by atoms with Crippen molar-refractivity contribution in [1.82, 2.24) is 15.2 Å². The van der Waals surface area contributed by atoms with Gasteiger partial charge in [-0.15, -0.1) is 0 Å². The molecule has 5 rings (SSSR count). The predicted octanol–water partition coefficient (Wildman–Crippen LogP) is 1.87. The number of nitrogens with one attached hydrogen (secondary N) is 2. The van der Waals surface area contributed by atoms with Gasteiger partial charge in [0.2, 0.25) is 5.91 Å². The molecule has 2 aliphatic heterocycles. The van der Waals surface area contributed by atoms with E-state index in [0.717, 1.165) is 21.8 Å². The molecule has 3 N–H and O–H groups in total. The topological polar surface area (TPSA) is 121 Å². The van der Waals surface area contributed by atoms with E-state index < -0.39 is 29.6 Å². The Hall–Kier alpha value is -3.43. The zero-order valence-corrected chi connectivity index (χ0v) is 17.5. The molecule has 3 atom stereocenters. The van der Waals surface area contributed by atoms with Gasteiger partial charge >= 0.3 is 5.97 Å². The summed E-state index contributed by atoms with van der Waals surface area (Å²) < 4.78 is 11.4. The second-order valence-corrected chi connectivity index (χ2v) is 8.34. The third-order valence-corrected chi connectivity index (χ3v) is 6.06. The number of para-hydroxylation sites is 1. The number of amides is 2. The first-order chi connectivity index (χ1) is 15.3. The van der Waals surface area contributed by atoms with Crippen LogP contribution in [0.2, 0.25) is 0 Å². The second kappa shape index (κ2) is 7.61. The summed E-state index contributed by atoms with van der Waals surface area (Å²) in [5.74, 6) is -3.13. The predicted molar refractivity (Wildman–Crippen MR) is 115 cm³/mol. The smallest absolute Gasteiger partial charge is 0.326 e. The maximum atomic E-state index is 12.8. The molecule has 0 saturated carbocycles. The first-order valence-electron chi connectivity index (χ1n) is 10.5. The van der Waals surface area contributed by atoms with Gasteiger partial charge in [0.15, 0.2) is 5.79 Å². The highest BCUT2D eigenvalue weighted by atomic mass is 16.7. The van der Waals surface area contributed by atoms with E-state index in [1.807, 2.05) is 37.3 Å². The molecule has 3 unspecified atom stereocenters. The molecule has 2 fully saturated rings. The Labute approximate surface area is 183 Å². The van der Waals surface area contributed by atoms with Gasteiger partial charge in [-0.1, -0.05) is 18.2 Å². The average Bonchev–Trinajstić information content (AvgIpc) is 3.46. The Morgan fingerprint density at radius 3 is 2.72 bits per heavy atom. The van der Waals surface area contributed by atoms with Crippen molar-refractivity contribution in [3.8, 4) is 0 Å². The SMILES string of the molecule is CC1COC2(CC(C(=O)O)N(C(=O)CNC(=O)c3ccc4[nH]c5ccccc5c4c3)C2)O1. The number of carboxylic acid groups (broad SMARTS) is 1. The molecule has 0 aliphatic carbocycles. The lowest BCUT2D eigenvalue weighted by molar-refractivity contribution is -0.159. The number of hydrogen-bond acceptors (Lipinski definition) is 5. The van der Waals surface area contributed by atoms with Crippen LogP contribution in [0.4, 0.5) is 0 Å². The molecular formula is C23H23N3O6. The van der Waals surface area contributed by atoms with E-state index in [2.05, 4.69) is 10.3 Å². The van der Waals surface area contributed by atoms with Gasteiger partial charge in [0.25, 0.3) is 5.91 Å². The van der Waals surface area contributed by atoms with Crippen molar-refractivity contribution in [2.45, 2.75) is 31.3 Å². The van der Waals surface area contributed by atoms with Crippen molar-refractivity contribution in [2.75, 3.05) is 19.7 Å². The van der Waals surface area contributed by atoms with Crippen molar-refractivity contribution in [3.05, 3.63) is 48.0 Å². The summed E-state index contributed by atoms with van der Waals surface area (Å²) >= 11 is 0. The molecule has 32 heavy (non-hydrogen) atoms. The van der Waals surface area contributed by atoms with Gasteiger partial charge in [0.1, 0.15) is 6.04 Å². The molecule has 2 aromatic carbocycles. The van der Waals surface area contributed by atoms with E-state index in [9.17, 15) is 19.5 Å². The third kappa shape index (κ3) is 3.49. The normalized spacial score (nSPS) is 25.1. The summed E-state index contributed by atoms with van der Waals surface area (Å²) in [5, 5.41) is 14.1. The highest BCUT2D eigenvalue weighted by molar-refractivity contribution is 6.10. The lowest BCUT2D eigenvalue weighted by atomic mass is 10.1. The minimum absolute atomic E-state index is 0.0182. The quantitative estimate of drug-likeness (QED) is 0.573. The fourth-order valence-electron chi connectivity index (χ4n) is 4.56. The summed E-state index contributed by atoms with van der Waals surface area (Å²) in [7, 11) is 0. The van der Waals surface area contributed by atoms with E-state index in [4.69, 9.17) is 9.47 Å². The van der Waals surface area contributed by atoms with E-state index >= 15 is 0 Å². The Bertz CT molecular complexity index is 1240. The number of hydrogen-bond donors (Lipinski definition) is 3. The number of ether oxygens (including phenoxy) is 2. The van der Waals surface area contributed by atoms with Crippen LogP contribution in [-0.4, -0.2) is 70.4 Å². The summed E-state index contributed by atoms with van der Waals surface area (Å²) in [6.07, 6.45) is -0.109. The van der Waals surface area contributed by atoms with Gasteiger partial charge in [-0.05, 0) is 31.2 Å². The molecule has 2 amide bonds. The molecular weight excluding hydrogens is 414 g/mol. The Morgan fingerprint density at radius 1 is 1.19 bits per heavy atom. The number of carbonyl (C=O) groups is 3. The average molecular weight is 437 g/mol. The number of rotatable bonds is 4. The van der Waals surface area contributed by atoms with Gasteiger partial charge in [-0.2, -0.15) is 0 Å². The number of H-pyrrole nitrogens is 1. The molecule has 1 aromatic heterocycles. The molecule has 9 heteroatoms.